The van der Waals surface area contributed by atoms with E-state index in [1.54, 1.807) is 0 Å². The summed E-state index contributed by atoms with van der Waals surface area (Å²) in [5.41, 5.74) is 1.76. The van der Waals surface area contributed by atoms with Gasteiger partial charge >= 0.3 is 6.18 Å². The SMILES string of the molecule is C=Cc1ccc(C(F)(F)F)cc1.C=c1ccc(C(=O)NCCOCC2CC2)c(C)/c1=C/N(C)CC(CCC)CCC.CC. The van der Waals surface area contributed by atoms with E-state index in [-0.39, 0.29) is 5.91 Å². The normalized spacial score (nSPS) is 13.0. The lowest BCUT2D eigenvalue weighted by atomic mass is 9.98. The number of nitrogens with one attached hydrogen (secondary N) is 1. The van der Waals surface area contributed by atoms with Crippen LogP contribution in [0.5, 0.6) is 0 Å². The minimum atomic E-state index is -4.25. The molecular formula is C36H53F3N2O2. The molecule has 1 amide bonds. The van der Waals surface area contributed by atoms with Crippen molar-refractivity contribution in [2.45, 2.75) is 79.3 Å². The zero-order chi connectivity index (χ0) is 32.4. The summed E-state index contributed by atoms with van der Waals surface area (Å²) in [7, 11) is 2.13. The zero-order valence-corrected chi connectivity index (χ0v) is 27.2. The third-order valence-electron chi connectivity index (χ3n) is 7.20. The van der Waals surface area contributed by atoms with E-state index in [1.165, 1.54) is 56.7 Å². The zero-order valence-electron chi connectivity index (χ0n) is 27.2. The molecule has 0 heterocycles. The molecule has 7 heteroatoms. The summed E-state index contributed by atoms with van der Waals surface area (Å²) in [4.78, 5) is 14.9. The Labute approximate surface area is 257 Å². The fraction of sp³-hybridized carbons (Fsp3) is 0.528. The lowest BCUT2D eigenvalue weighted by Gasteiger charge is -2.22. The molecule has 240 valence electrons. The number of carbonyl (C=O) groups is 1. The van der Waals surface area contributed by atoms with Crippen LogP contribution in [0.15, 0.2) is 43.0 Å². The van der Waals surface area contributed by atoms with Gasteiger partial charge < -0.3 is 15.0 Å². The second-order valence-electron chi connectivity index (χ2n) is 10.9. The summed E-state index contributed by atoms with van der Waals surface area (Å²) in [6, 6.07) is 8.67. The van der Waals surface area contributed by atoms with E-state index in [0.717, 1.165) is 52.8 Å². The number of hydrogen-bond acceptors (Lipinski definition) is 3. The minimum Gasteiger partial charge on any atom is -0.380 e. The van der Waals surface area contributed by atoms with Gasteiger partial charge in [0.15, 0.2) is 0 Å². The van der Waals surface area contributed by atoms with E-state index in [2.05, 4.69) is 50.5 Å². The van der Waals surface area contributed by atoms with Crippen LogP contribution in [-0.4, -0.2) is 44.2 Å². The smallest absolute Gasteiger partial charge is 0.380 e. The molecule has 1 aliphatic rings. The minimum absolute atomic E-state index is 0.0373. The number of rotatable bonds is 14. The van der Waals surface area contributed by atoms with Crippen molar-refractivity contribution in [3.63, 3.8) is 0 Å². The van der Waals surface area contributed by atoms with Crippen LogP contribution in [0.4, 0.5) is 13.2 Å². The number of halogens is 3. The molecule has 3 rings (SSSR count). The molecule has 0 aliphatic heterocycles. The highest BCUT2D eigenvalue weighted by atomic mass is 19.4. The van der Waals surface area contributed by atoms with Crippen molar-refractivity contribution >= 4 is 24.8 Å². The maximum atomic E-state index is 12.7. The number of benzene rings is 2. The fourth-order valence-corrected chi connectivity index (χ4v) is 4.71. The number of alkyl halides is 3. The van der Waals surface area contributed by atoms with Gasteiger partial charge in [0.05, 0.1) is 12.2 Å². The van der Waals surface area contributed by atoms with Gasteiger partial charge in [-0.1, -0.05) is 78.0 Å². The monoisotopic (exact) mass is 602 g/mol. The van der Waals surface area contributed by atoms with E-state index >= 15 is 0 Å². The molecule has 1 N–H and O–H groups in total. The van der Waals surface area contributed by atoms with Crippen molar-refractivity contribution in [3.8, 4) is 0 Å². The highest BCUT2D eigenvalue weighted by Gasteiger charge is 2.29. The van der Waals surface area contributed by atoms with Crippen molar-refractivity contribution in [1.29, 1.82) is 0 Å². The van der Waals surface area contributed by atoms with Crippen molar-refractivity contribution in [1.82, 2.24) is 10.2 Å². The van der Waals surface area contributed by atoms with E-state index in [4.69, 9.17) is 4.74 Å². The standard InChI is InChI=1S/C25H40N2O2.C9H7F3.C2H6/c1-6-8-21(9-7-2)16-27(5)17-24-19(3)10-13-23(20(24)4)25(28)26-14-15-29-18-22-11-12-22;1-2-7-3-5-8(6-4-7)9(10,11)12;1-2/h10,13,17,21-22H,3,6-9,11-12,14-16,18H2,1-2,4-5H3,(H,26,28);2-6H,1H2;1-2H3/b24-17+;;. The van der Waals surface area contributed by atoms with Crippen molar-refractivity contribution in [2.24, 2.45) is 11.8 Å². The molecule has 4 nitrogen and oxygen atoms in total. The average molecular weight is 603 g/mol. The summed E-state index contributed by atoms with van der Waals surface area (Å²) in [5.74, 6) is 1.42. The molecule has 43 heavy (non-hydrogen) atoms. The summed E-state index contributed by atoms with van der Waals surface area (Å²) >= 11 is 0. The molecule has 1 saturated carbocycles. The highest BCUT2D eigenvalue weighted by Crippen LogP contribution is 2.29. The van der Waals surface area contributed by atoms with E-state index in [0.29, 0.717) is 24.6 Å². The number of carbonyl (C=O) groups excluding carboxylic acids is 1. The first-order chi connectivity index (χ1) is 20.5. The largest absolute Gasteiger partial charge is 0.416 e. The van der Waals surface area contributed by atoms with Gasteiger partial charge in [-0.25, -0.2) is 0 Å². The van der Waals surface area contributed by atoms with E-state index in [9.17, 15) is 18.0 Å². The summed E-state index contributed by atoms with van der Waals surface area (Å²) in [5, 5.41) is 5.00. The molecule has 0 atom stereocenters. The lowest BCUT2D eigenvalue weighted by Crippen LogP contribution is -2.35. The Morgan fingerprint density at radius 1 is 1.09 bits per heavy atom. The predicted octanol–water partition coefficient (Wildman–Crippen LogP) is 7.82. The molecule has 0 aromatic heterocycles. The van der Waals surface area contributed by atoms with Crippen LogP contribution >= 0.6 is 0 Å². The topological polar surface area (TPSA) is 41.6 Å². The molecule has 0 bridgehead atoms. The highest BCUT2D eigenvalue weighted by molar-refractivity contribution is 5.95. The van der Waals surface area contributed by atoms with Gasteiger partial charge in [-0.05, 0) is 79.0 Å². The average Bonchev–Trinajstić information content (AvgIpc) is 3.81. The number of ether oxygens (including phenoxy) is 1. The molecule has 0 saturated heterocycles. The van der Waals surface area contributed by atoms with Crippen molar-refractivity contribution in [2.75, 3.05) is 33.4 Å². The van der Waals surface area contributed by atoms with Gasteiger partial charge in [-0.3, -0.25) is 4.79 Å². The quantitative estimate of drug-likeness (QED) is 0.224. The van der Waals surface area contributed by atoms with Crippen LogP contribution in [0.2, 0.25) is 0 Å². The lowest BCUT2D eigenvalue weighted by molar-refractivity contribution is -0.137. The summed E-state index contributed by atoms with van der Waals surface area (Å²) in [6.07, 6.45) is 6.94. The Balaban J connectivity index is 0.000000549. The van der Waals surface area contributed by atoms with Gasteiger partial charge in [-0.2, -0.15) is 13.2 Å². The van der Waals surface area contributed by atoms with Crippen LogP contribution in [0.1, 0.15) is 93.3 Å². The third kappa shape index (κ3) is 14.3. The first-order valence-electron chi connectivity index (χ1n) is 15.7. The molecule has 1 fully saturated rings. The summed E-state index contributed by atoms with van der Waals surface area (Å²) < 4.78 is 41.6. The second kappa shape index (κ2) is 20.0. The van der Waals surface area contributed by atoms with Crippen LogP contribution in [-0.2, 0) is 10.9 Å². The number of nitrogens with zero attached hydrogens (tertiary/aromatic N) is 1. The number of hydrogen-bond donors (Lipinski definition) is 1. The molecule has 0 radical (unpaired) electrons. The summed E-state index contributed by atoms with van der Waals surface area (Å²) in [6.45, 7) is 21.1. The van der Waals surface area contributed by atoms with Gasteiger partial charge in [0.2, 0.25) is 0 Å². The van der Waals surface area contributed by atoms with Crippen LogP contribution in [0, 0.1) is 18.8 Å². The molecule has 0 spiro atoms. The van der Waals surface area contributed by atoms with Gasteiger partial charge in [0, 0.05) is 43.7 Å². The van der Waals surface area contributed by atoms with Crippen LogP contribution < -0.4 is 15.8 Å². The van der Waals surface area contributed by atoms with Gasteiger partial charge in [0.25, 0.3) is 5.91 Å². The fourth-order valence-electron chi connectivity index (χ4n) is 4.71. The predicted molar refractivity (Wildman–Crippen MR) is 175 cm³/mol. The molecule has 1 aliphatic carbocycles. The Bertz CT molecular complexity index is 1200. The molecule has 0 unspecified atom stereocenters. The van der Waals surface area contributed by atoms with E-state index in [1.807, 2.05) is 32.9 Å². The maximum Gasteiger partial charge on any atom is 0.416 e. The molecule has 2 aromatic rings. The van der Waals surface area contributed by atoms with Crippen molar-refractivity contribution < 1.29 is 22.7 Å². The van der Waals surface area contributed by atoms with Crippen LogP contribution in [0.3, 0.4) is 0 Å². The van der Waals surface area contributed by atoms with Gasteiger partial charge in [0.1, 0.15) is 0 Å². The Kier molecular flexibility index (Phi) is 17.7. The second-order valence-corrected chi connectivity index (χ2v) is 10.9. The third-order valence-corrected chi connectivity index (χ3v) is 7.20. The maximum absolute atomic E-state index is 12.7. The molecular weight excluding hydrogens is 549 g/mol. The number of amides is 1. The Hall–Kier alpha value is -3.06. The molecule has 2 aromatic carbocycles. The Morgan fingerprint density at radius 2 is 1.70 bits per heavy atom. The van der Waals surface area contributed by atoms with Crippen LogP contribution in [0.25, 0.3) is 18.9 Å². The van der Waals surface area contributed by atoms with Crippen molar-refractivity contribution in [3.05, 3.63) is 75.7 Å². The van der Waals surface area contributed by atoms with E-state index < -0.39 is 11.7 Å². The first kappa shape index (κ1) is 38.0. The first-order valence-corrected chi connectivity index (χ1v) is 15.7. The Morgan fingerprint density at radius 3 is 2.21 bits per heavy atom. The van der Waals surface area contributed by atoms with Gasteiger partial charge in [-0.15, -0.1) is 0 Å².